The maximum atomic E-state index is 13.6. The Hall–Kier alpha value is -3.08. The van der Waals surface area contributed by atoms with Crippen molar-refractivity contribution in [2.24, 2.45) is 0 Å². The van der Waals surface area contributed by atoms with Crippen LogP contribution in [-0.4, -0.2) is 22.6 Å². The summed E-state index contributed by atoms with van der Waals surface area (Å²) in [6.45, 7) is 13.6. The van der Waals surface area contributed by atoms with Crippen molar-refractivity contribution >= 4 is 17.3 Å². The molecule has 35 heavy (non-hydrogen) atoms. The van der Waals surface area contributed by atoms with E-state index in [9.17, 15) is 14.7 Å². The van der Waals surface area contributed by atoms with E-state index in [1.54, 1.807) is 6.07 Å². The minimum absolute atomic E-state index is 0.0421. The molecule has 1 atom stereocenters. The molecule has 0 saturated carbocycles. The van der Waals surface area contributed by atoms with Crippen LogP contribution in [0.1, 0.15) is 99.7 Å². The molecule has 1 heterocycles. The normalized spacial score (nSPS) is 16.9. The second-order valence-electron chi connectivity index (χ2n) is 9.81. The number of Topliss-reactive ketones (excluding diaryl/α,β-unsaturated/α-hetero) is 1. The maximum Gasteiger partial charge on any atom is 0.345 e. The summed E-state index contributed by atoms with van der Waals surface area (Å²) in [5.74, 6) is -1.66. The van der Waals surface area contributed by atoms with Gasteiger partial charge in [-0.2, -0.15) is 0 Å². The molecule has 0 aliphatic carbocycles. The number of hydrogen-bond donors (Lipinski definition) is 1. The quantitative estimate of drug-likeness (QED) is 0.267. The van der Waals surface area contributed by atoms with Crippen molar-refractivity contribution in [3.05, 3.63) is 53.1 Å². The van der Waals surface area contributed by atoms with E-state index in [2.05, 4.69) is 13.5 Å². The number of hydrogen-bond acceptors (Lipinski definition) is 5. The van der Waals surface area contributed by atoms with Crippen LogP contribution in [0.2, 0.25) is 0 Å². The van der Waals surface area contributed by atoms with Gasteiger partial charge in [-0.15, -0.1) is 0 Å². The van der Waals surface area contributed by atoms with Crippen LogP contribution in [0.5, 0.6) is 11.5 Å². The number of phenolic OH excluding ortho intramolecular Hbond substituents is 1. The highest BCUT2D eigenvalue weighted by Crippen LogP contribution is 2.50. The Morgan fingerprint density at radius 1 is 1.03 bits per heavy atom. The highest BCUT2D eigenvalue weighted by atomic mass is 16.7. The molecule has 5 heteroatoms. The number of carbonyl (C=O) groups is 2. The first-order chi connectivity index (χ1) is 16.6. The van der Waals surface area contributed by atoms with Crippen molar-refractivity contribution in [2.45, 2.75) is 91.8 Å². The monoisotopic (exact) mass is 478 g/mol. The van der Waals surface area contributed by atoms with Gasteiger partial charge >= 0.3 is 5.97 Å². The predicted octanol–water partition coefficient (Wildman–Crippen LogP) is 7.55. The lowest BCUT2D eigenvalue weighted by molar-refractivity contribution is -0.169. The number of cyclic esters (lactones) is 1. The summed E-state index contributed by atoms with van der Waals surface area (Å²) < 4.78 is 12.4. The third-order valence-corrected chi connectivity index (χ3v) is 6.50. The number of benzene rings is 2. The number of carbonyl (C=O) groups excluding carboxylic acids is 2. The van der Waals surface area contributed by atoms with Gasteiger partial charge in [0, 0.05) is 6.42 Å². The van der Waals surface area contributed by atoms with Crippen molar-refractivity contribution in [2.75, 3.05) is 0 Å². The van der Waals surface area contributed by atoms with Crippen LogP contribution in [0.15, 0.2) is 30.8 Å². The molecule has 0 bridgehead atoms. The molecule has 1 unspecified atom stereocenters. The van der Waals surface area contributed by atoms with Gasteiger partial charge in [-0.1, -0.05) is 69.0 Å². The molecule has 0 fully saturated rings. The van der Waals surface area contributed by atoms with Crippen molar-refractivity contribution in [3.8, 4) is 22.6 Å². The highest BCUT2D eigenvalue weighted by molar-refractivity contribution is 6.01. The van der Waals surface area contributed by atoms with Crippen molar-refractivity contribution in [3.63, 3.8) is 0 Å². The molecule has 3 rings (SSSR count). The van der Waals surface area contributed by atoms with Gasteiger partial charge in [-0.05, 0) is 62.8 Å². The summed E-state index contributed by atoms with van der Waals surface area (Å²) in [5.41, 5.74) is 4.94. The number of ether oxygens (including phenoxy) is 2. The largest absolute Gasteiger partial charge is 0.507 e. The number of unbranched alkanes of at least 4 members (excludes halogenated alkanes) is 3. The summed E-state index contributed by atoms with van der Waals surface area (Å²) in [7, 11) is 0. The van der Waals surface area contributed by atoms with Crippen LogP contribution in [0.25, 0.3) is 16.7 Å². The van der Waals surface area contributed by atoms with E-state index in [1.807, 2.05) is 39.0 Å². The Morgan fingerprint density at radius 2 is 1.74 bits per heavy atom. The number of fused-ring (bicyclic) bond motifs is 1. The van der Waals surface area contributed by atoms with Gasteiger partial charge in [-0.25, -0.2) is 4.79 Å². The standard InChI is InChI=1S/C30H38O5/c1-7-9-11-12-22-17-25(32)27(24-16-20(5)13-14-23(24)19(3)4)28-26(22)29(33)35-30(34-28,15-10-8-2)18-21(6)31/h13-14,16-17,32H,3,7-12,15,18H2,1-2,4-6H3. The number of ketones is 1. The second kappa shape index (κ2) is 11.1. The van der Waals surface area contributed by atoms with Crippen LogP contribution in [0.3, 0.4) is 0 Å². The van der Waals surface area contributed by atoms with E-state index in [1.165, 1.54) is 6.92 Å². The Labute approximate surface area is 209 Å². The Balaban J connectivity index is 2.31. The molecule has 2 aromatic carbocycles. The first-order valence-electron chi connectivity index (χ1n) is 12.7. The lowest BCUT2D eigenvalue weighted by Gasteiger charge is -2.39. The predicted molar refractivity (Wildman–Crippen MR) is 140 cm³/mol. The third kappa shape index (κ3) is 5.77. The SMILES string of the molecule is C=C(C)c1ccc(C)cc1-c1c(O)cc(CCCCC)c2c1OC(CCCC)(CC(C)=O)OC2=O. The minimum atomic E-state index is -1.39. The molecule has 1 aliphatic rings. The molecule has 5 nitrogen and oxygen atoms in total. The van der Waals surface area contributed by atoms with Gasteiger partial charge in [0.25, 0.3) is 5.79 Å². The third-order valence-electron chi connectivity index (χ3n) is 6.50. The number of esters is 1. The van der Waals surface area contributed by atoms with E-state index >= 15 is 0 Å². The van der Waals surface area contributed by atoms with Crippen LogP contribution < -0.4 is 4.74 Å². The van der Waals surface area contributed by atoms with Crippen molar-refractivity contribution < 1.29 is 24.2 Å². The smallest absolute Gasteiger partial charge is 0.345 e. The molecule has 0 amide bonds. The molecule has 2 aromatic rings. The fraction of sp³-hybridized carbons (Fsp3) is 0.467. The topological polar surface area (TPSA) is 72.8 Å². The molecule has 0 spiro atoms. The van der Waals surface area contributed by atoms with Crippen LogP contribution in [0, 0.1) is 6.92 Å². The van der Waals surface area contributed by atoms with E-state index in [4.69, 9.17) is 9.47 Å². The zero-order valence-corrected chi connectivity index (χ0v) is 21.8. The first-order valence-corrected chi connectivity index (χ1v) is 12.7. The first kappa shape index (κ1) is 26.5. The lowest BCUT2D eigenvalue weighted by Crippen LogP contribution is -2.46. The second-order valence-corrected chi connectivity index (χ2v) is 9.81. The van der Waals surface area contributed by atoms with Crippen molar-refractivity contribution in [1.82, 2.24) is 0 Å². The average Bonchev–Trinajstić information content (AvgIpc) is 2.76. The van der Waals surface area contributed by atoms with E-state index in [0.29, 0.717) is 35.3 Å². The van der Waals surface area contributed by atoms with Gasteiger partial charge in [0.2, 0.25) is 0 Å². The molecular weight excluding hydrogens is 440 g/mol. The summed E-state index contributed by atoms with van der Waals surface area (Å²) in [6, 6.07) is 7.60. The van der Waals surface area contributed by atoms with E-state index in [0.717, 1.165) is 54.4 Å². The van der Waals surface area contributed by atoms with Gasteiger partial charge in [-0.3, -0.25) is 4.79 Å². The Kier molecular flexibility index (Phi) is 8.42. The fourth-order valence-corrected chi connectivity index (χ4v) is 4.80. The van der Waals surface area contributed by atoms with E-state index in [-0.39, 0.29) is 18.0 Å². The zero-order valence-electron chi connectivity index (χ0n) is 21.8. The number of aromatic hydroxyl groups is 1. The molecular formula is C30H38O5. The van der Waals surface area contributed by atoms with Gasteiger partial charge in [0.1, 0.15) is 17.1 Å². The molecule has 1 aliphatic heterocycles. The minimum Gasteiger partial charge on any atom is -0.507 e. The molecule has 0 saturated heterocycles. The number of allylic oxidation sites excluding steroid dienone is 1. The van der Waals surface area contributed by atoms with Crippen LogP contribution >= 0.6 is 0 Å². The summed E-state index contributed by atoms with van der Waals surface area (Å²) in [4.78, 5) is 25.8. The summed E-state index contributed by atoms with van der Waals surface area (Å²) in [6.07, 6.45) is 5.50. The Morgan fingerprint density at radius 3 is 2.37 bits per heavy atom. The number of phenols is 1. The maximum absolute atomic E-state index is 13.6. The van der Waals surface area contributed by atoms with Crippen LogP contribution in [-0.2, 0) is 16.0 Å². The zero-order chi connectivity index (χ0) is 25.8. The number of rotatable bonds is 11. The van der Waals surface area contributed by atoms with Crippen molar-refractivity contribution in [1.29, 1.82) is 0 Å². The fourth-order valence-electron chi connectivity index (χ4n) is 4.80. The van der Waals surface area contributed by atoms with Gasteiger partial charge in [0.05, 0.1) is 12.0 Å². The molecule has 188 valence electrons. The lowest BCUT2D eigenvalue weighted by atomic mass is 9.88. The average molecular weight is 479 g/mol. The number of aryl methyl sites for hydroxylation is 2. The molecule has 0 radical (unpaired) electrons. The Bertz CT molecular complexity index is 1130. The van der Waals surface area contributed by atoms with Gasteiger partial charge < -0.3 is 14.6 Å². The summed E-state index contributed by atoms with van der Waals surface area (Å²) >= 11 is 0. The van der Waals surface area contributed by atoms with Gasteiger partial charge in [0.15, 0.2) is 5.75 Å². The highest BCUT2D eigenvalue weighted by Gasteiger charge is 2.45. The molecule has 0 aromatic heterocycles. The molecule has 1 N–H and O–H groups in total. The summed E-state index contributed by atoms with van der Waals surface area (Å²) in [5, 5.41) is 11.3. The van der Waals surface area contributed by atoms with Crippen LogP contribution in [0.4, 0.5) is 0 Å². The van der Waals surface area contributed by atoms with E-state index < -0.39 is 11.8 Å².